The maximum atomic E-state index is 12.8. The molecule has 2 aromatic heterocycles. The van der Waals surface area contributed by atoms with Crippen molar-refractivity contribution in [1.29, 1.82) is 0 Å². The van der Waals surface area contributed by atoms with Gasteiger partial charge in [0.2, 0.25) is 5.91 Å². The fraction of sp³-hybridized carbons (Fsp3) is 0.250. The molecule has 1 aromatic carbocycles. The lowest BCUT2D eigenvalue weighted by Gasteiger charge is -2.33. The third-order valence-corrected chi connectivity index (χ3v) is 5.22. The Labute approximate surface area is 186 Å². The van der Waals surface area contributed by atoms with Crippen LogP contribution in [0.5, 0.6) is 0 Å². The zero-order valence-corrected chi connectivity index (χ0v) is 17.9. The second kappa shape index (κ2) is 9.91. The standard InChI is InChI=1S/C24H25N5O3/c1-2-32-24(31)28-15-13-27(14-16-28)22(30)11-10-20-18-29(21-8-4-3-5-9-21)26-23(20)19-7-6-12-25-17-19/h3-12,17-18H,2,13-16H2,1H3/b11-10+. The molecule has 8 nitrogen and oxygen atoms in total. The van der Waals surface area contributed by atoms with Gasteiger partial charge >= 0.3 is 6.09 Å². The first-order valence-electron chi connectivity index (χ1n) is 10.6. The number of pyridine rings is 1. The first-order chi connectivity index (χ1) is 15.7. The van der Waals surface area contributed by atoms with Crippen LogP contribution >= 0.6 is 0 Å². The topological polar surface area (TPSA) is 80.6 Å². The fourth-order valence-electron chi connectivity index (χ4n) is 3.54. The third-order valence-electron chi connectivity index (χ3n) is 5.22. The molecule has 0 bridgehead atoms. The summed E-state index contributed by atoms with van der Waals surface area (Å²) < 4.78 is 6.83. The lowest BCUT2D eigenvalue weighted by molar-refractivity contribution is -0.127. The summed E-state index contributed by atoms with van der Waals surface area (Å²) in [4.78, 5) is 32.2. The van der Waals surface area contributed by atoms with Crippen LogP contribution in [0.2, 0.25) is 0 Å². The molecule has 2 amide bonds. The first-order valence-corrected chi connectivity index (χ1v) is 10.6. The van der Waals surface area contributed by atoms with Gasteiger partial charge in [0.25, 0.3) is 0 Å². The van der Waals surface area contributed by atoms with E-state index in [1.54, 1.807) is 46.0 Å². The van der Waals surface area contributed by atoms with Crippen LogP contribution in [0, 0.1) is 0 Å². The molecular weight excluding hydrogens is 406 g/mol. The van der Waals surface area contributed by atoms with Crippen LogP contribution in [-0.2, 0) is 9.53 Å². The molecule has 8 heteroatoms. The summed E-state index contributed by atoms with van der Waals surface area (Å²) in [6.45, 7) is 4.00. The normalized spacial score (nSPS) is 14.0. The molecule has 1 aliphatic rings. The molecule has 0 saturated carbocycles. The molecule has 0 N–H and O–H groups in total. The summed E-state index contributed by atoms with van der Waals surface area (Å²) in [6.07, 6.45) is 8.39. The van der Waals surface area contributed by atoms with Gasteiger partial charge in [-0.2, -0.15) is 5.10 Å². The number of carbonyl (C=O) groups is 2. The summed E-state index contributed by atoms with van der Waals surface area (Å²) in [5, 5.41) is 4.73. The number of piperazine rings is 1. The zero-order valence-electron chi connectivity index (χ0n) is 17.9. The SMILES string of the molecule is CCOC(=O)N1CCN(C(=O)/C=C/c2cn(-c3ccccc3)nc2-c2cccnc2)CC1. The first kappa shape index (κ1) is 21.3. The quantitative estimate of drug-likeness (QED) is 0.580. The summed E-state index contributed by atoms with van der Waals surface area (Å²) in [7, 11) is 0. The summed E-state index contributed by atoms with van der Waals surface area (Å²) in [5.74, 6) is -0.0990. The number of para-hydroxylation sites is 1. The molecule has 1 saturated heterocycles. The van der Waals surface area contributed by atoms with Crippen LogP contribution < -0.4 is 0 Å². The number of hydrogen-bond donors (Lipinski definition) is 0. The van der Waals surface area contributed by atoms with E-state index in [1.165, 1.54) is 0 Å². The van der Waals surface area contributed by atoms with Crippen molar-refractivity contribution in [2.45, 2.75) is 6.92 Å². The fourth-order valence-corrected chi connectivity index (χ4v) is 3.54. The van der Waals surface area contributed by atoms with Crippen LogP contribution in [-0.4, -0.2) is 69.4 Å². The molecule has 0 atom stereocenters. The Kier molecular flexibility index (Phi) is 6.60. The number of nitrogens with zero attached hydrogens (tertiary/aromatic N) is 5. The predicted octanol–water partition coefficient (Wildman–Crippen LogP) is 3.25. The third kappa shape index (κ3) is 4.85. The van der Waals surface area contributed by atoms with Crippen LogP contribution in [0.25, 0.3) is 23.0 Å². The van der Waals surface area contributed by atoms with Crippen molar-refractivity contribution >= 4 is 18.1 Å². The molecule has 1 aliphatic heterocycles. The Bertz CT molecular complexity index is 1090. The van der Waals surface area contributed by atoms with Gasteiger partial charge in [0.05, 0.1) is 12.3 Å². The molecule has 32 heavy (non-hydrogen) atoms. The van der Waals surface area contributed by atoms with Gasteiger partial charge in [-0.25, -0.2) is 9.48 Å². The van der Waals surface area contributed by atoms with Gasteiger partial charge < -0.3 is 14.5 Å². The van der Waals surface area contributed by atoms with Gasteiger partial charge in [0.15, 0.2) is 0 Å². The Balaban J connectivity index is 1.51. The van der Waals surface area contributed by atoms with E-state index in [1.807, 2.05) is 48.7 Å². The monoisotopic (exact) mass is 431 g/mol. The van der Waals surface area contributed by atoms with Gasteiger partial charge in [-0.1, -0.05) is 18.2 Å². The van der Waals surface area contributed by atoms with E-state index >= 15 is 0 Å². The molecule has 4 rings (SSSR count). The van der Waals surface area contributed by atoms with Gasteiger partial charge in [-0.05, 0) is 37.3 Å². The number of benzene rings is 1. The molecule has 164 valence electrons. The Hall–Kier alpha value is -3.94. The van der Waals surface area contributed by atoms with E-state index < -0.39 is 0 Å². The highest BCUT2D eigenvalue weighted by molar-refractivity contribution is 5.93. The highest BCUT2D eigenvalue weighted by Crippen LogP contribution is 2.24. The van der Waals surface area contributed by atoms with Crippen LogP contribution in [0.4, 0.5) is 4.79 Å². The molecular formula is C24H25N5O3. The average molecular weight is 431 g/mol. The molecule has 0 spiro atoms. The smallest absolute Gasteiger partial charge is 0.409 e. The van der Waals surface area contributed by atoms with Crippen molar-refractivity contribution in [3.8, 4) is 16.9 Å². The maximum absolute atomic E-state index is 12.8. The average Bonchev–Trinajstić information content (AvgIpc) is 3.28. The maximum Gasteiger partial charge on any atom is 0.409 e. The number of rotatable bonds is 5. The molecule has 3 heterocycles. The van der Waals surface area contributed by atoms with Crippen molar-refractivity contribution in [2.24, 2.45) is 0 Å². The van der Waals surface area contributed by atoms with Crippen LogP contribution in [0.1, 0.15) is 12.5 Å². The number of hydrogen-bond acceptors (Lipinski definition) is 5. The summed E-state index contributed by atoms with van der Waals surface area (Å²) in [6, 6.07) is 13.6. The number of ether oxygens (including phenoxy) is 1. The minimum Gasteiger partial charge on any atom is -0.450 e. The van der Waals surface area contributed by atoms with Gasteiger partial charge in [0.1, 0.15) is 5.69 Å². The van der Waals surface area contributed by atoms with E-state index in [-0.39, 0.29) is 12.0 Å². The van der Waals surface area contributed by atoms with E-state index in [2.05, 4.69) is 4.98 Å². The van der Waals surface area contributed by atoms with Crippen LogP contribution in [0.3, 0.4) is 0 Å². The molecule has 0 unspecified atom stereocenters. The highest BCUT2D eigenvalue weighted by atomic mass is 16.6. The number of carbonyl (C=O) groups excluding carboxylic acids is 2. The molecule has 1 fully saturated rings. The number of aromatic nitrogens is 3. The minimum absolute atomic E-state index is 0.0990. The highest BCUT2D eigenvalue weighted by Gasteiger charge is 2.23. The van der Waals surface area contributed by atoms with Crippen molar-refractivity contribution in [3.05, 3.63) is 72.7 Å². The second-order valence-corrected chi connectivity index (χ2v) is 7.30. The second-order valence-electron chi connectivity index (χ2n) is 7.30. The van der Waals surface area contributed by atoms with Crippen molar-refractivity contribution in [2.75, 3.05) is 32.8 Å². The lowest BCUT2D eigenvalue weighted by Crippen LogP contribution is -2.50. The van der Waals surface area contributed by atoms with Gasteiger partial charge in [-0.3, -0.25) is 9.78 Å². The van der Waals surface area contributed by atoms with E-state index in [0.717, 1.165) is 22.5 Å². The van der Waals surface area contributed by atoms with Gasteiger partial charge in [-0.15, -0.1) is 0 Å². The van der Waals surface area contributed by atoms with Gasteiger partial charge in [0, 0.05) is 62.0 Å². The molecule has 3 aromatic rings. The Morgan fingerprint density at radius 3 is 2.47 bits per heavy atom. The van der Waals surface area contributed by atoms with E-state index in [0.29, 0.717) is 32.8 Å². The largest absolute Gasteiger partial charge is 0.450 e. The zero-order chi connectivity index (χ0) is 22.3. The summed E-state index contributed by atoms with van der Waals surface area (Å²) >= 11 is 0. The molecule has 0 aliphatic carbocycles. The Morgan fingerprint density at radius 1 is 1.03 bits per heavy atom. The molecule has 0 radical (unpaired) electrons. The minimum atomic E-state index is -0.329. The van der Waals surface area contributed by atoms with Crippen molar-refractivity contribution < 1.29 is 14.3 Å². The Morgan fingerprint density at radius 2 is 1.78 bits per heavy atom. The summed E-state index contributed by atoms with van der Waals surface area (Å²) in [5.41, 5.74) is 3.37. The van der Waals surface area contributed by atoms with Crippen molar-refractivity contribution in [3.63, 3.8) is 0 Å². The van der Waals surface area contributed by atoms with E-state index in [4.69, 9.17) is 9.84 Å². The van der Waals surface area contributed by atoms with Crippen molar-refractivity contribution in [1.82, 2.24) is 24.6 Å². The predicted molar refractivity (Wildman–Crippen MR) is 121 cm³/mol. The van der Waals surface area contributed by atoms with Crippen LogP contribution in [0.15, 0.2) is 67.1 Å². The lowest BCUT2D eigenvalue weighted by atomic mass is 10.1. The number of amides is 2. The van der Waals surface area contributed by atoms with E-state index in [9.17, 15) is 9.59 Å².